The predicted molar refractivity (Wildman–Crippen MR) is 107 cm³/mol. The average molecular weight is 467 g/mol. The monoisotopic (exact) mass is 466 g/mol. The van der Waals surface area contributed by atoms with Crippen LogP contribution in [-0.4, -0.2) is 22.2 Å². The van der Waals surface area contributed by atoms with Crippen molar-refractivity contribution >= 4 is 23.5 Å². The number of alkyl halides is 3. The van der Waals surface area contributed by atoms with Gasteiger partial charge in [-0.15, -0.1) is 0 Å². The van der Waals surface area contributed by atoms with Crippen LogP contribution in [0.5, 0.6) is 17.2 Å². The summed E-state index contributed by atoms with van der Waals surface area (Å²) in [5.41, 5.74) is -1.08. The van der Waals surface area contributed by atoms with Crippen molar-refractivity contribution in [2.75, 3.05) is 0 Å². The first-order valence-corrected chi connectivity index (χ1v) is 9.30. The molecule has 2 N–H and O–H groups in total. The lowest BCUT2D eigenvalue weighted by atomic mass is 10.1. The van der Waals surface area contributed by atoms with Gasteiger partial charge < -0.3 is 19.7 Å². The van der Waals surface area contributed by atoms with Crippen molar-refractivity contribution in [1.29, 1.82) is 0 Å². The smallest absolute Gasteiger partial charge is 0.416 e. The minimum atomic E-state index is -4.59. The molecule has 0 fully saturated rings. The van der Waals surface area contributed by atoms with E-state index in [0.29, 0.717) is 11.6 Å². The van der Waals surface area contributed by atoms with Crippen molar-refractivity contribution in [3.8, 4) is 17.2 Å². The number of halogens is 4. The maximum Gasteiger partial charge on any atom is 0.416 e. The minimum absolute atomic E-state index is 0.0528. The lowest BCUT2D eigenvalue weighted by molar-refractivity contribution is -0.145. The van der Waals surface area contributed by atoms with Crippen molar-refractivity contribution < 1.29 is 42.4 Å². The molecular formula is C22H14ClF3O6. The number of aromatic carboxylic acids is 1. The molecule has 3 aromatic rings. The molecule has 0 heterocycles. The van der Waals surface area contributed by atoms with E-state index in [2.05, 4.69) is 0 Å². The van der Waals surface area contributed by atoms with E-state index in [1.54, 1.807) is 18.2 Å². The van der Waals surface area contributed by atoms with Gasteiger partial charge in [-0.3, -0.25) is 0 Å². The molecule has 32 heavy (non-hydrogen) atoms. The zero-order valence-electron chi connectivity index (χ0n) is 16.0. The van der Waals surface area contributed by atoms with Crippen LogP contribution in [-0.2, 0) is 11.0 Å². The fourth-order valence-electron chi connectivity index (χ4n) is 2.75. The van der Waals surface area contributed by atoms with Crippen LogP contribution >= 0.6 is 11.6 Å². The molecule has 0 aromatic heterocycles. The molecule has 1 atom stereocenters. The second-order valence-corrected chi connectivity index (χ2v) is 6.86. The third-order valence-corrected chi connectivity index (χ3v) is 4.54. The molecule has 0 bridgehead atoms. The highest BCUT2D eigenvalue weighted by Crippen LogP contribution is 2.37. The highest BCUT2D eigenvalue weighted by atomic mass is 35.5. The highest BCUT2D eigenvalue weighted by Gasteiger charge is 2.31. The Labute approximate surface area is 184 Å². The van der Waals surface area contributed by atoms with E-state index in [4.69, 9.17) is 21.1 Å². The summed E-state index contributed by atoms with van der Waals surface area (Å²) in [6.07, 6.45) is -6.05. The SMILES string of the molecule is O=C(O)c1cc(Oc2ccc(C(F)(F)F)cc2Cl)ccc1OC(C(=O)O)c1ccccc1. The van der Waals surface area contributed by atoms with Gasteiger partial charge in [0.25, 0.3) is 0 Å². The van der Waals surface area contributed by atoms with E-state index in [1.807, 2.05) is 0 Å². The van der Waals surface area contributed by atoms with E-state index >= 15 is 0 Å². The van der Waals surface area contributed by atoms with E-state index in [1.165, 1.54) is 24.3 Å². The molecule has 0 amide bonds. The first-order chi connectivity index (χ1) is 15.1. The summed E-state index contributed by atoms with van der Waals surface area (Å²) in [6, 6.07) is 13.9. The van der Waals surface area contributed by atoms with Crippen LogP contribution < -0.4 is 9.47 Å². The second kappa shape index (κ2) is 9.19. The Morgan fingerprint density at radius 3 is 2.12 bits per heavy atom. The number of ether oxygens (including phenoxy) is 2. The third-order valence-electron chi connectivity index (χ3n) is 4.24. The normalized spacial score (nSPS) is 12.1. The lowest BCUT2D eigenvalue weighted by Gasteiger charge is -2.18. The van der Waals surface area contributed by atoms with Crippen LogP contribution in [0.1, 0.15) is 27.6 Å². The van der Waals surface area contributed by atoms with Gasteiger partial charge in [0.05, 0.1) is 10.6 Å². The largest absolute Gasteiger partial charge is 0.478 e. The van der Waals surface area contributed by atoms with Gasteiger partial charge in [0.15, 0.2) is 0 Å². The average Bonchev–Trinajstić information content (AvgIpc) is 2.73. The maximum atomic E-state index is 12.8. The van der Waals surface area contributed by atoms with Gasteiger partial charge in [0.1, 0.15) is 22.8 Å². The van der Waals surface area contributed by atoms with Crippen LogP contribution in [0.15, 0.2) is 66.7 Å². The second-order valence-electron chi connectivity index (χ2n) is 6.45. The highest BCUT2D eigenvalue weighted by molar-refractivity contribution is 6.32. The first-order valence-electron chi connectivity index (χ1n) is 8.92. The maximum absolute atomic E-state index is 12.8. The summed E-state index contributed by atoms with van der Waals surface area (Å²) in [5, 5.41) is 18.7. The van der Waals surface area contributed by atoms with Crippen LogP contribution in [0.4, 0.5) is 13.2 Å². The standard InChI is InChI=1S/C22H14ClF3O6/c23-16-10-13(22(24,25)26)6-8-18(16)31-14-7-9-17(15(11-14)20(27)28)32-19(21(29)30)12-4-2-1-3-5-12/h1-11,19H,(H,27,28)(H,29,30). The Kier molecular flexibility index (Phi) is 6.59. The number of aliphatic carboxylic acids is 1. The predicted octanol–water partition coefficient (Wildman–Crippen LogP) is 6.05. The summed E-state index contributed by atoms with van der Waals surface area (Å²) in [6.45, 7) is 0. The van der Waals surface area contributed by atoms with Gasteiger partial charge in [-0.05, 0) is 36.4 Å². The summed E-state index contributed by atoms with van der Waals surface area (Å²) in [4.78, 5) is 23.3. The molecule has 1 unspecified atom stereocenters. The van der Waals surface area contributed by atoms with E-state index < -0.39 is 35.3 Å². The molecule has 0 spiro atoms. The molecular weight excluding hydrogens is 453 g/mol. The zero-order chi connectivity index (χ0) is 23.5. The fourth-order valence-corrected chi connectivity index (χ4v) is 2.96. The number of carboxylic acid groups (broad SMARTS) is 2. The Balaban J connectivity index is 1.90. The van der Waals surface area contributed by atoms with Crippen LogP contribution in [0.25, 0.3) is 0 Å². The van der Waals surface area contributed by atoms with Crippen molar-refractivity contribution in [3.05, 3.63) is 88.4 Å². The minimum Gasteiger partial charge on any atom is -0.478 e. The van der Waals surface area contributed by atoms with Crippen LogP contribution in [0.2, 0.25) is 5.02 Å². The Hall–Kier alpha value is -3.72. The van der Waals surface area contributed by atoms with Crippen molar-refractivity contribution in [1.82, 2.24) is 0 Å². The van der Waals surface area contributed by atoms with Crippen molar-refractivity contribution in [2.45, 2.75) is 12.3 Å². The fraction of sp³-hybridized carbons (Fsp3) is 0.0909. The molecule has 0 radical (unpaired) electrons. The lowest BCUT2D eigenvalue weighted by Crippen LogP contribution is -2.19. The van der Waals surface area contributed by atoms with Gasteiger partial charge in [-0.1, -0.05) is 41.9 Å². The number of carboxylic acids is 2. The Bertz CT molecular complexity index is 1150. The number of rotatable bonds is 7. The molecule has 6 nitrogen and oxygen atoms in total. The topological polar surface area (TPSA) is 93.1 Å². The molecule has 0 aliphatic rings. The van der Waals surface area contributed by atoms with E-state index in [0.717, 1.165) is 18.2 Å². The van der Waals surface area contributed by atoms with E-state index in [9.17, 15) is 33.0 Å². The molecule has 0 saturated carbocycles. The van der Waals surface area contributed by atoms with Gasteiger partial charge in [0, 0.05) is 5.56 Å². The first kappa shape index (κ1) is 23.0. The summed E-state index contributed by atoms with van der Waals surface area (Å²) in [5.74, 6) is -3.18. The van der Waals surface area contributed by atoms with Gasteiger partial charge in [0.2, 0.25) is 6.10 Å². The van der Waals surface area contributed by atoms with Gasteiger partial charge >= 0.3 is 18.1 Å². The number of hydrogen-bond acceptors (Lipinski definition) is 4. The zero-order valence-corrected chi connectivity index (χ0v) is 16.7. The molecule has 10 heteroatoms. The van der Waals surface area contributed by atoms with Gasteiger partial charge in [-0.25, -0.2) is 9.59 Å². The third kappa shape index (κ3) is 5.30. The summed E-state index contributed by atoms with van der Waals surface area (Å²) in [7, 11) is 0. The Morgan fingerprint density at radius 2 is 1.56 bits per heavy atom. The molecule has 0 saturated heterocycles. The van der Waals surface area contributed by atoms with Gasteiger partial charge in [-0.2, -0.15) is 13.2 Å². The molecule has 166 valence electrons. The molecule has 3 rings (SSSR count). The number of carbonyl (C=O) groups is 2. The molecule has 3 aromatic carbocycles. The van der Waals surface area contributed by atoms with Crippen molar-refractivity contribution in [2.24, 2.45) is 0 Å². The Morgan fingerprint density at radius 1 is 0.906 bits per heavy atom. The van der Waals surface area contributed by atoms with Crippen LogP contribution in [0.3, 0.4) is 0 Å². The summed E-state index contributed by atoms with van der Waals surface area (Å²) < 4.78 is 49.2. The summed E-state index contributed by atoms with van der Waals surface area (Å²) >= 11 is 5.86. The number of hydrogen-bond donors (Lipinski definition) is 2. The molecule has 0 aliphatic heterocycles. The van der Waals surface area contributed by atoms with E-state index in [-0.39, 0.29) is 22.3 Å². The number of benzene rings is 3. The quantitative estimate of drug-likeness (QED) is 0.440. The van der Waals surface area contributed by atoms with Crippen molar-refractivity contribution in [3.63, 3.8) is 0 Å². The van der Waals surface area contributed by atoms with Crippen LogP contribution in [0, 0.1) is 0 Å². The molecule has 0 aliphatic carbocycles.